The van der Waals surface area contributed by atoms with Gasteiger partial charge in [-0.2, -0.15) is 0 Å². The second-order valence-corrected chi connectivity index (χ2v) is 5.47. The molecule has 0 radical (unpaired) electrons. The molecule has 3 nitrogen and oxygen atoms in total. The highest BCUT2D eigenvalue weighted by Gasteiger charge is 2.09. The summed E-state index contributed by atoms with van der Waals surface area (Å²) >= 11 is 6.20. The highest BCUT2D eigenvalue weighted by molar-refractivity contribution is 6.31. The monoisotopic (exact) mass is 277 g/mol. The van der Waals surface area contributed by atoms with Gasteiger partial charge in [0.05, 0.1) is 18.2 Å². The van der Waals surface area contributed by atoms with Gasteiger partial charge in [-0.3, -0.25) is 0 Å². The van der Waals surface area contributed by atoms with Gasteiger partial charge in [-0.25, -0.2) is 4.98 Å². The summed E-state index contributed by atoms with van der Waals surface area (Å²) in [6.07, 6.45) is 3.78. The number of nitrogens with zero attached hydrogens (tertiary/aromatic N) is 2. The number of aryl methyl sites for hydroxylation is 1. The van der Waals surface area contributed by atoms with Crippen molar-refractivity contribution in [3.8, 4) is 11.3 Å². The van der Waals surface area contributed by atoms with Crippen LogP contribution in [0.3, 0.4) is 0 Å². The Morgan fingerprint density at radius 1 is 1.42 bits per heavy atom. The lowest BCUT2D eigenvalue weighted by Crippen LogP contribution is -2.20. The molecule has 1 heterocycles. The van der Waals surface area contributed by atoms with Crippen LogP contribution in [0.4, 0.5) is 0 Å². The Bertz CT molecular complexity index is 548. The Labute approximate surface area is 119 Å². The minimum Gasteiger partial charge on any atom is -0.330 e. The minimum atomic E-state index is 0.555. The molecular formula is C15H20ClN3. The lowest BCUT2D eigenvalue weighted by atomic mass is 10.1. The fourth-order valence-corrected chi connectivity index (χ4v) is 2.39. The first-order valence-corrected chi connectivity index (χ1v) is 6.91. The van der Waals surface area contributed by atoms with Gasteiger partial charge in [0.25, 0.3) is 0 Å². The topological polar surface area (TPSA) is 29.9 Å². The summed E-state index contributed by atoms with van der Waals surface area (Å²) in [6, 6.07) is 6.15. The number of hydrogen-bond acceptors (Lipinski definition) is 2. The highest BCUT2D eigenvalue weighted by Crippen LogP contribution is 2.25. The molecule has 1 N–H and O–H groups in total. The van der Waals surface area contributed by atoms with E-state index in [1.807, 2.05) is 38.6 Å². The third kappa shape index (κ3) is 3.37. The van der Waals surface area contributed by atoms with E-state index in [2.05, 4.69) is 27.9 Å². The molecule has 0 aliphatic rings. The Morgan fingerprint density at radius 2 is 2.21 bits per heavy atom. The van der Waals surface area contributed by atoms with Gasteiger partial charge in [0, 0.05) is 17.1 Å². The summed E-state index contributed by atoms with van der Waals surface area (Å²) in [5.74, 6) is 0.555. The minimum absolute atomic E-state index is 0.555. The van der Waals surface area contributed by atoms with Crippen LogP contribution in [-0.2, 0) is 6.54 Å². The molecule has 0 spiro atoms. The van der Waals surface area contributed by atoms with Gasteiger partial charge < -0.3 is 9.88 Å². The zero-order valence-corrected chi connectivity index (χ0v) is 12.4. The molecule has 0 aliphatic heterocycles. The second-order valence-electron chi connectivity index (χ2n) is 5.06. The molecule has 2 aromatic rings. The molecule has 0 saturated carbocycles. The number of nitrogens with one attached hydrogen (secondary N) is 1. The first-order chi connectivity index (χ1) is 9.11. The fraction of sp³-hybridized carbons (Fsp3) is 0.400. The molecule has 1 unspecified atom stereocenters. The number of hydrogen-bond donors (Lipinski definition) is 1. The highest BCUT2D eigenvalue weighted by atomic mass is 35.5. The SMILES string of the molecule is CNCC(C)Cn1cncc1-c1ccc(C)c(Cl)c1. The Morgan fingerprint density at radius 3 is 2.89 bits per heavy atom. The third-order valence-corrected chi connectivity index (χ3v) is 3.65. The summed E-state index contributed by atoms with van der Waals surface area (Å²) in [6.45, 7) is 6.18. The lowest BCUT2D eigenvalue weighted by molar-refractivity contribution is 0.464. The average molecular weight is 278 g/mol. The summed E-state index contributed by atoms with van der Waals surface area (Å²) < 4.78 is 2.18. The maximum absolute atomic E-state index is 6.20. The second kappa shape index (κ2) is 6.22. The van der Waals surface area contributed by atoms with Crippen LogP contribution >= 0.6 is 11.6 Å². The zero-order chi connectivity index (χ0) is 13.8. The number of benzene rings is 1. The Kier molecular flexibility index (Phi) is 4.61. The van der Waals surface area contributed by atoms with Gasteiger partial charge in [-0.1, -0.05) is 30.7 Å². The van der Waals surface area contributed by atoms with E-state index in [-0.39, 0.29) is 0 Å². The van der Waals surface area contributed by atoms with Gasteiger partial charge in [0.2, 0.25) is 0 Å². The van der Waals surface area contributed by atoms with Crippen LogP contribution in [0.1, 0.15) is 12.5 Å². The van der Waals surface area contributed by atoms with Crippen LogP contribution in [0.25, 0.3) is 11.3 Å². The largest absolute Gasteiger partial charge is 0.330 e. The van der Waals surface area contributed by atoms with Crippen LogP contribution in [0, 0.1) is 12.8 Å². The Hall–Kier alpha value is -1.32. The maximum Gasteiger partial charge on any atom is 0.0951 e. The van der Waals surface area contributed by atoms with Crippen molar-refractivity contribution in [3.63, 3.8) is 0 Å². The van der Waals surface area contributed by atoms with Crippen molar-refractivity contribution in [2.24, 2.45) is 5.92 Å². The molecule has 1 atom stereocenters. The first-order valence-electron chi connectivity index (χ1n) is 6.53. The number of rotatable bonds is 5. The normalized spacial score (nSPS) is 12.6. The van der Waals surface area contributed by atoms with Crippen molar-refractivity contribution < 1.29 is 0 Å². The molecule has 2 rings (SSSR count). The van der Waals surface area contributed by atoms with Gasteiger partial charge in [0.1, 0.15) is 0 Å². The lowest BCUT2D eigenvalue weighted by Gasteiger charge is -2.14. The van der Waals surface area contributed by atoms with Gasteiger partial charge >= 0.3 is 0 Å². The van der Waals surface area contributed by atoms with Gasteiger partial charge in [0.15, 0.2) is 0 Å². The molecule has 0 fully saturated rings. The predicted octanol–water partition coefficient (Wildman–Crippen LogP) is 3.37. The van der Waals surface area contributed by atoms with E-state index in [4.69, 9.17) is 11.6 Å². The molecule has 0 aliphatic carbocycles. The number of imidazole rings is 1. The Balaban J connectivity index is 2.25. The van der Waals surface area contributed by atoms with E-state index < -0.39 is 0 Å². The van der Waals surface area contributed by atoms with Gasteiger partial charge in [-0.15, -0.1) is 0 Å². The van der Waals surface area contributed by atoms with E-state index in [9.17, 15) is 0 Å². The van der Waals surface area contributed by atoms with Crippen molar-refractivity contribution in [3.05, 3.63) is 41.3 Å². The van der Waals surface area contributed by atoms with Crippen LogP contribution in [-0.4, -0.2) is 23.1 Å². The van der Waals surface area contributed by atoms with E-state index in [1.165, 1.54) is 0 Å². The average Bonchev–Trinajstić information content (AvgIpc) is 2.81. The molecule has 0 amide bonds. The molecule has 1 aromatic carbocycles. The summed E-state index contributed by atoms with van der Waals surface area (Å²) in [7, 11) is 1.98. The zero-order valence-electron chi connectivity index (χ0n) is 11.7. The smallest absolute Gasteiger partial charge is 0.0951 e. The van der Waals surface area contributed by atoms with E-state index in [0.29, 0.717) is 5.92 Å². The molecule has 102 valence electrons. The first kappa shape index (κ1) is 14.1. The molecule has 4 heteroatoms. The van der Waals surface area contributed by atoms with Crippen molar-refractivity contribution >= 4 is 11.6 Å². The molecule has 1 aromatic heterocycles. The van der Waals surface area contributed by atoms with Gasteiger partial charge in [-0.05, 0) is 38.1 Å². The molecule has 0 bridgehead atoms. The van der Waals surface area contributed by atoms with Crippen molar-refractivity contribution in [1.29, 1.82) is 0 Å². The predicted molar refractivity (Wildman–Crippen MR) is 80.5 cm³/mol. The quantitative estimate of drug-likeness (QED) is 0.908. The summed E-state index contributed by atoms with van der Waals surface area (Å²) in [5, 5.41) is 4.00. The van der Waals surface area contributed by atoms with Crippen LogP contribution < -0.4 is 5.32 Å². The maximum atomic E-state index is 6.20. The summed E-state index contributed by atoms with van der Waals surface area (Å²) in [5.41, 5.74) is 3.33. The number of halogens is 1. The van der Waals surface area contributed by atoms with E-state index in [0.717, 1.165) is 34.9 Å². The molecule has 19 heavy (non-hydrogen) atoms. The summed E-state index contributed by atoms with van der Waals surface area (Å²) in [4.78, 5) is 4.26. The van der Waals surface area contributed by atoms with Crippen LogP contribution in [0.5, 0.6) is 0 Å². The molecular weight excluding hydrogens is 258 g/mol. The number of aromatic nitrogens is 2. The van der Waals surface area contributed by atoms with Crippen molar-refractivity contribution in [2.75, 3.05) is 13.6 Å². The van der Waals surface area contributed by atoms with Crippen molar-refractivity contribution in [2.45, 2.75) is 20.4 Å². The van der Waals surface area contributed by atoms with E-state index in [1.54, 1.807) is 0 Å². The standard InChI is InChI=1S/C15H20ClN3/c1-11(7-17-3)9-19-10-18-8-15(19)13-5-4-12(2)14(16)6-13/h4-6,8,10-11,17H,7,9H2,1-3H3. The fourth-order valence-electron chi connectivity index (χ4n) is 2.21. The van der Waals surface area contributed by atoms with Crippen LogP contribution in [0.2, 0.25) is 5.02 Å². The van der Waals surface area contributed by atoms with Crippen LogP contribution in [0.15, 0.2) is 30.7 Å². The molecule has 0 saturated heterocycles. The van der Waals surface area contributed by atoms with E-state index >= 15 is 0 Å². The third-order valence-electron chi connectivity index (χ3n) is 3.24. The van der Waals surface area contributed by atoms with Crippen molar-refractivity contribution in [1.82, 2.24) is 14.9 Å².